The number of allylic oxidation sites excluding steroid dienone is 5. The van der Waals surface area contributed by atoms with E-state index in [1.54, 1.807) is 18.2 Å². The Balaban J connectivity index is 2.27. The predicted molar refractivity (Wildman–Crippen MR) is 125 cm³/mol. The van der Waals surface area contributed by atoms with Crippen LogP contribution in [-0.4, -0.2) is 36.0 Å². The Hall–Kier alpha value is -3.21. The number of nitrogens with two attached hydrogens (primary N) is 1. The van der Waals surface area contributed by atoms with Crippen molar-refractivity contribution in [3.63, 3.8) is 0 Å². The molecule has 5 heteroatoms. The quantitative estimate of drug-likeness (QED) is 0.353. The van der Waals surface area contributed by atoms with E-state index < -0.39 is 0 Å². The van der Waals surface area contributed by atoms with Crippen molar-refractivity contribution in [1.82, 2.24) is 4.90 Å². The molecule has 0 bridgehead atoms. The predicted octanol–water partition coefficient (Wildman–Crippen LogP) is 4.52. The Morgan fingerprint density at radius 2 is 2.00 bits per heavy atom. The second-order valence-corrected chi connectivity index (χ2v) is 7.26. The molecule has 0 spiro atoms. The van der Waals surface area contributed by atoms with Gasteiger partial charge in [-0.05, 0) is 37.0 Å². The Kier molecular flexibility index (Phi) is 9.01. The Labute approximate surface area is 179 Å². The standard InChI is InChI=1S/C25H31N3O2/c1-4-8-20(18-29)10-7-9-19-11-12-21-16-22(17-24(26)27-23(21)15-19)25(30)28(13-5-2)14-6-3/h4,7-8,10-12,15-16,18H,1,5-6,9,13-14,17H2,2-3H3,(H2,26,27)/b10-7-,20-8+. The highest BCUT2D eigenvalue weighted by molar-refractivity contribution is 6.05. The monoisotopic (exact) mass is 405 g/mol. The number of aliphatic imine (C=N–C) groups is 1. The van der Waals surface area contributed by atoms with E-state index in [9.17, 15) is 9.59 Å². The van der Waals surface area contributed by atoms with Gasteiger partial charge in [0.2, 0.25) is 5.91 Å². The van der Waals surface area contributed by atoms with Crippen molar-refractivity contribution in [3.05, 3.63) is 71.4 Å². The highest BCUT2D eigenvalue weighted by Crippen LogP contribution is 2.28. The van der Waals surface area contributed by atoms with Crippen molar-refractivity contribution in [2.24, 2.45) is 10.7 Å². The SMILES string of the molecule is C=C/C=C(C=O)\C=C/Cc1ccc2c(c1)N=C(N)CC(C(=O)N(CCC)CCC)=C2. The third-order valence-corrected chi connectivity index (χ3v) is 4.72. The van der Waals surface area contributed by atoms with Crippen LogP contribution in [-0.2, 0) is 16.0 Å². The summed E-state index contributed by atoms with van der Waals surface area (Å²) in [7, 11) is 0. The normalized spacial score (nSPS) is 13.9. The van der Waals surface area contributed by atoms with Gasteiger partial charge in [-0.1, -0.05) is 56.9 Å². The number of aldehydes is 1. The number of amidine groups is 1. The maximum absolute atomic E-state index is 13.0. The van der Waals surface area contributed by atoms with Crippen LogP contribution in [0.4, 0.5) is 5.69 Å². The van der Waals surface area contributed by atoms with E-state index in [2.05, 4.69) is 25.4 Å². The lowest BCUT2D eigenvalue weighted by Gasteiger charge is -2.22. The van der Waals surface area contributed by atoms with Gasteiger partial charge in [0, 0.05) is 36.2 Å². The van der Waals surface area contributed by atoms with Crippen LogP contribution in [0.25, 0.3) is 6.08 Å². The molecule has 0 aliphatic carbocycles. The van der Waals surface area contributed by atoms with E-state index in [0.717, 1.165) is 49.0 Å². The van der Waals surface area contributed by atoms with Crippen LogP contribution in [0.5, 0.6) is 0 Å². The van der Waals surface area contributed by atoms with Gasteiger partial charge in [0.05, 0.1) is 5.69 Å². The third-order valence-electron chi connectivity index (χ3n) is 4.72. The first kappa shape index (κ1) is 23.1. The number of nitrogens with zero attached hydrogens (tertiary/aromatic N) is 2. The highest BCUT2D eigenvalue weighted by atomic mass is 16.2. The zero-order chi connectivity index (χ0) is 21.9. The summed E-state index contributed by atoms with van der Waals surface area (Å²) in [5.41, 5.74) is 10.1. The molecule has 1 aromatic carbocycles. The first-order valence-corrected chi connectivity index (χ1v) is 10.4. The van der Waals surface area contributed by atoms with Crippen molar-refractivity contribution in [1.29, 1.82) is 0 Å². The number of amides is 1. The molecule has 0 aromatic heterocycles. The number of hydrogen-bond donors (Lipinski definition) is 1. The van der Waals surface area contributed by atoms with Crippen molar-refractivity contribution in [2.75, 3.05) is 13.1 Å². The molecule has 1 aromatic rings. The fraction of sp³-hybridized carbons (Fsp3) is 0.320. The molecule has 5 nitrogen and oxygen atoms in total. The topological polar surface area (TPSA) is 75.8 Å². The van der Waals surface area contributed by atoms with Gasteiger partial charge < -0.3 is 10.6 Å². The smallest absolute Gasteiger partial charge is 0.250 e. The maximum atomic E-state index is 13.0. The minimum absolute atomic E-state index is 0.0344. The van der Waals surface area contributed by atoms with Crippen LogP contribution in [0.1, 0.15) is 44.2 Å². The lowest BCUT2D eigenvalue weighted by molar-refractivity contribution is -0.127. The summed E-state index contributed by atoms with van der Waals surface area (Å²) >= 11 is 0. The second kappa shape index (κ2) is 11.7. The molecule has 0 saturated carbocycles. The fourth-order valence-corrected chi connectivity index (χ4v) is 3.36. The van der Waals surface area contributed by atoms with Gasteiger partial charge >= 0.3 is 0 Å². The zero-order valence-electron chi connectivity index (χ0n) is 17.9. The number of carbonyl (C=O) groups excluding carboxylic acids is 2. The molecule has 1 aliphatic heterocycles. The number of hydrogen-bond acceptors (Lipinski definition) is 4. The van der Waals surface area contributed by atoms with Crippen LogP contribution >= 0.6 is 0 Å². The molecule has 0 atom stereocenters. The summed E-state index contributed by atoms with van der Waals surface area (Å²) in [5.74, 6) is 0.471. The van der Waals surface area contributed by atoms with Gasteiger partial charge in [0.1, 0.15) is 12.1 Å². The molecule has 2 rings (SSSR count). The summed E-state index contributed by atoms with van der Waals surface area (Å²) < 4.78 is 0. The maximum Gasteiger partial charge on any atom is 0.250 e. The van der Waals surface area contributed by atoms with E-state index in [4.69, 9.17) is 5.73 Å². The fourth-order valence-electron chi connectivity index (χ4n) is 3.36. The number of carbonyl (C=O) groups is 2. The van der Waals surface area contributed by atoms with E-state index in [1.807, 2.05) is 35.3 Å². The molecule has 0 saturated heterocycles. The van der Waals surface area contributed by atoms with Crippen LogP contribution in [0, 0.1) is 0 Å². The van der Waals surface area contributed by atoms with Crippen LogP contribution in [0.15, 0.2) is 65.2 Å². The average Bonchev–Trinajstić information content (AvgIpc) is 2.90. The third kappa shape index (κ3) is 6.41. The van der Waals surface area contributed by atoms with Crippen LogP contribution in [0.3, 0.4) is 0 Å². The van der Waals surface area contributed by atoms with Crippen molar-refractivity contribution >= 4 is 29.8 Å². The summed E-state index contributed by atoms with van der Waals surface area (Å²) in [5, 5.41) is 0. The summed E-state index contributed by atoms with van der Waals surface area (Å²) in [6, 6.07) is 5.95. The van der Waals surface area contributed by atoms with Crippen molar-refractivity contribution in [2.45, 2.75) is 39.5 Å². The summed E-state index contributed by atoms with van der Waals surface area (Å²) in [4.78, 5) is 30.5. The van der Waals surface area contributed by atoms with Crippen molar-refractivity contribution < 1.29 is 9.59 Å². The van der Waals surface area contributed by atoms with Gasteiger partial charge in [-0.3, -0.25) is 9.59 Å². The molecule has 1 amide bonds. The molecule has 1 heterocycles. The van der Waals surface area contributed by atoms with Gasteiger partial charge in [-0.25, -0.2) is 4.99 Å². The van der Waals surface area contributed by atoms with Gasteiger partial charge in [-0.2, -0.15) is 0 Å². The van der Waals surface area contributed by atoms with E-state index >= 15 is 0 Å². The van der Waals surface area contributed by atoms with Crippen LogP contribution < -0.4 is 5.73 Å². The van der Waals surface area contributed by atoms with Gasteiger partial charge in [0.15, 0.2) is 0 Å². The summed E-state index contributed by atoms with van der Waals surface area (Å²) in [6.07, 6.45) is 12.5. The summed E-state index contributed by atoms with van der Waals surface area (Å²) in [6.45, 7) is 9.22. The number of rotatable bonds is 10. The molecule has 158 valence electrons. The Bertz CT molecular complexity index is 901. The van der Waals surface area contributed by atoms with E-state index in [1.165, 1.54) is 0 Å². The zero-order valence-corrected chi connectivity index (χ0v) is 17.9. The molecular formula is C25H31N3O2. The first-order valence-electron chi connectivity index (χ1n) is 10.4. The lowest BCUT2D eigenvalue weighted by Crippen LogP contribution is -2.34. The Morgan fingerprint density at radius 1 is 1.27 bits per heavy atom. The second-order valence-electron chi connectivity index (χ2n) is 7.26. The van der Waals surface area contributed by atoms with E-state index in [-0.39, 0.29) is 5.91 Å². The largest absolute Gasteiger partial charge is 0.387 e. The molecule has 1 aliphatic rings. The highest BCUT2D eigenvalue weighted by Gasteiger charge is 2.20. The minimum atomic E-state index is 0.0344. The molecule has 0 unspecified atom stereocenters. The van der Waals surface area contributed by atoms with Gasteiger partial charge in [0.25, 0.3) is 0 Å². The molecule has 2 N–H and O–H groups in total. The lowest BCUT2D eigenvalue weighted by atomic mass is 10.0. The van der Waals surface area contributed by atoms with Crippen molar-refractivity contribution in [3.8, 4) is 0 Å². The Morgan fingerprint density at radius 3 is 2.63 bits per heavy atom. The first-order chi connectivity index (χ1) is 14.5. The van der Waals surface area contributed by atoms with Crippen LogP contribution in [0.2, 0.25) is 0 Å². The molecular weight excluding hydrogens is 374 g/mol. The number of fused-ring (bicyclic) bond motifs is 1. The molecule has 30 heavy (non-hydrogen) atoms. The minimum Gasteiger partial charge on any atom is -0.387 e. The molecule has 0 radical (unpaired) electrons. The molecule has 0 fully saturated rings. The van der Waals surface area contributed by atoms with E-state index in [0.29, 0.717) is 29.8 Å². The average molecular weight is 406 g/mol. The number of benzene rings is 1. The van der Waals surface area contributed by atoms with Gasteiger partial charge in [-0.15, -0.1) is 0 Å².